The van der Waals surface area contributed by atoms with Gasteiger partial charge in [0, 0.05) is 10.8 Å². The highest BCUT2D eigenvalue weighted by atomic mass is 32.1. The largest absolute Gasteiger partial charge is 0.469 e. The van der Waals surface area contributed by atoms with Crippen LogP contribution in [0.3, 0.4) is 0 Å². The van der Waals surface area contributed by atoms with Crippen LogP contribution >= 0.6 is 11.3 Å². The van der Waals surface area contributed by atoms with Gasteiger partial charge in [-0.2, -0.15) is 13.2 Å². The number of fused-ring (bicyclic) bond motifs is 1. The molecule has 184 valence electrons. The minimum atomic E-state index is -4.63. The highest BCUT2D eigenvalue weighted by Crippen LogP contribution is 2.56. The number of nitrogens with two attached hydrogens (primary N) is 1. The zero-order valence-corrected chi connectivity index (χ0v) is 19.9. The third kappa shape index (κ3) is 4.29. The van der Waals surface area contributed by atoms with Crippen molar-refractivity contribution in [3.63, 3.8) is 0 Å². The number of thiophene rings is 1. The number of rotatable bonds is 5. The Bertz CT molecular complexity index is 1070. The average molecular weight is 497 g/mol. The summed E-state index contributed by atoms with van der Waals surface area (Å²) >= 11 is 1.46. The molecule has 4 rings (SSSR count). The molecular weight excluding hydrogens is 469 g/mol. The van der Waals surface area contributed by atoms with Crippen molar-refractivity contribution in [2.75, 3.05) is 12.0 Å². The second-order valence-electron chi connectivity index (χ2n) is 9.09. The third-order valence-corrected chi connectivity index (χ3v) is 7.42. The zero-order chi connectivity index (χ0) is 24.8. The van der Waals surface area contributed by atoms with Gasteiger partial charge in [-0.05, 0) is 74.2 Å². The number of anilines is 1. The van der Waals surface area contributed by atoms with Crippen LogP contribution in [0.1, 0.15) is 48.6 Å². The van der Waals surface area contributed by atoms with E-state index in [4.69, 9.17) is 15.2 Å². The van der Waals surface area contributed by atoms with Crippen LogP contribution in [0, 0.1) is 11.8 Å². The lowest BCUT2D eigenvalue weighted by molar-refractivity contribution is -0.145. The summed E-state index contributed by atoms with van der Waals surface area (Å²) in [5.74, 6) is -2.63. The molecule has 1 aliphatic heterocycles. The van der Waals surface area contributed by atoms with E-state index >= 15 is 0 Å². The fourth-order valence-corrected chi connectivity index (χ4v) is 5.69. The summed E-state index contributed by atoms with van der Waals surface area (Å²) in [5.41, 5.74) is 5.01. The molecule has 2 heterocycles. The Morgan fingerprint density at radius 2 is 1.97 bits per heavy atom. The highest BCUT2D eigenvalue weighted by molar-refractivity contribution is 7.09. The Balaban J connectivity index is 1.97. The molecule has 1 fully saturated rings. The maximum Gasteiger partial charge on any atom is 0.416 e. The van der Waals surface area contributed by atoms with Gasteiger partial charge >= 0.3 is 18.2 Å². The number of esters is 1. The molecule has 2 aliphatic rings. The van der Waals surface area contributed by atoms with Gasteiger partial charge in [0.05, 0.1) is 30.4 Å². The fourth-order valence-electron chi connectivity index (χ4n) is 4.93. The molecular formula is C24H27F3N2O4S. The molecule has 1 amide bonds. The predicted molar refractivity (Wildman–Crippen MR) is 121 cm³/mol. The molecule has 0 radical (unpaired) electrons. The summed E-state index contributed by atoms with van der Waals surface area (Å²) < 4.78 is 51.5. The van der Waals surface area contributed by atoms with Crippen molar-refractivity contribution in [1.29, 1.82) is 0 Å². The Labute approximate surface area is 199 Å². The van der Waals surface area contributed by atoms with Crippen LogP contribution in [0.5, 0.6) is 0 Å². The van der Waals surface area contributed by atoms with Crippen LogP contribution in [-0.2, 0) is 26.9 Å². The van der Waals surface area contributed by atoms with E-state index in [0.29, 0.717) is 6.42 Å². The van der Waals surface area contributed by atoms with Gasteiger partial charge in [-0.3, -0.25) is 9.69 Å². The van der Waals surface area contributed by atoms with Crippen LogP contribution in [0.15, 0.2) is 35.7 Å². The number of amides is 1. The molecule has 0 bridgehead atoms. The Kier molecular flexibility index (Phi) is 6.41. The van der Waals surface area contributed by atoms with E-state index in [9.17, 15) is 22.8 Å². The van der Waals surface area contributed by atoms with E-state index in [1.807, 2.05) is 17.5 Å². The van der Waals surface area contributed by atoms with E-state index in [2.05, 4.69) is 0 Å². The predicted octanol–water partition coefficient (Wildman–Crippen LogP) is 5.31. The summed E-state index contributed by atoms with van der Waals surface area (Å²) in [6.07, 6.45) is -4.09. The standard InChI is InChI=1S/C24H27F3N2O4S/c1-13(2)33-22(31)29-19-9-8-15(24(25,26)27)11-17(19)20(21(30)32-3)18(12-16-5-4-10-34-16)23(29,28)14-6-7-14/h4-5,8-11,13-14,18,20H,6-7,12,28H2,1-3H3. The van der Waals surface area contributed by atoms with Crippen molar-refractivity contribution < 1.29 is 32.2 Å². The van der Waals surface area contributed by atoms with Crippen molar-refractivity contribution in [2.24, 2.45) is 17.6 Å². The van der Waals surface area contributed by atoms with Gasteiger partial charge in [-0.1, -0.05) is 6.07 Å². The van der Waals surface area contributed by atoms with Crippen LogP contribution in [0.2, 0.25) is 0 Å². The summed E-state index contributed by atoms with van der Waals surface area (Å²) in [4.78, 5) is 28.7. The number of hydrogen-bond acceptors (Lipinski definition) is 6. The molecule has 3 atom stereocenters. The molecule has 10 heteroatoms. The van der Waals surface area contributed by atoms with Gasteiger partial charge in [0.1, 0.15) is 5.66 Å². The van der Waals surface area contributed by atoms with Crippen molar-refractivity contribution in [1.82, 2.24) is 0 Å². The first kappa shape index (κ1) is 24.5. The van der Waals surface area contributed by atoms with E-state index in [-0.39, 0.29) is 17.2 Å². The van der Waals surface area contributed by atoms with Crippen molar-refractivity contribution in [3.8, 4) is 0 Å². The fraction of sp³-hybridized carbons (Fsp3) is 0.500. The molecule has 0 saturated heterocycles. The maximum atomic E-state index is 13.6. The van der Waals surface area contributed by atoms with Gasteiger partial charge in [0.25, 0.3) is 0 Å². The van der Waals surface area contributed by atoms with Crippen molar-refractivity contribution in [3.05, 3.63) is 51.7 Å². The molecule has 1 aromatic heterocycles. The maximum absolute atomic E-state index is 13.6. The summed E-state index contributed by atoms with van der Waals surface area (Å²) in [6.45, 7) is 3.37. The van der Waals surface area contributed by atoms with Gasteiger partial charge < -0.3 is 15.2 Å². The average Bonchev–Trinajstić information content (AvgIpc) is 3.50. The molecule has 2 N–H and O–H groups in total. The van der Waals surface area contributed by atoms with Crippen molar-refractivity contribution >= 4 is 29.1 Å². The van der Waals surface area contributed by atoms with E-state index < -0.39 is 47.4 Å². The van der Waals surface area contributed by atoms with E-state index in [1.165, 1.54) is 29.4 Å². The molecule has 0 spiro atoms. The van der Waals surface area contributed by atoms with Crippen molar-refractivity contribution in [2.45, 2.75) is 57.0 Å². The molecule has 2 aromatic rings. The number of nitrogens with zero attached hydrogens (tertiary/aromatic N) is 1. The third-order valence-electron chi connectivity index (χ3n) is 6.52. The molecule has 1 aliphatic carbocycles. The summed E-state index contributed by atoms with van der Waals surface area (Å²) in [5, 5.41) is 1.88. The summed E-state index contributed by atoms with van der Waals surface area (Å²) in [7, 11) is 1.20. The quantitative estimate of drug-likeness (QED) is 0.567. The number of carbonyl (C=O) groups excluding carboxylic acids is 2. The van der Waals surface area contributed by atoms with Crippen LogP contribution in [-0.4, -0.2) is 30.9 Å². The number of benzene rings is 1. The topological polar surface area (TPSA) is 81.9 Å². The van der Waals surface area contributed by atoms with Crippen LogP contribution in [0.25, 0.3) is 0 Å². The molecule has 6 nitrogen and oxygen atoms in total. The van der Waals surface area contributed by atoms with Gasteiger partial charge in [0.15, 0.2) is 0 Å². The minimum absolute atomic E-state index is 0.0608. The minimum Gasteiger partial charge on any atom is -0.469 e. The lowest BCUT2D eigenvalue weighted by atomic mass is 9.69. The molecule has 1 saturated carbocycles. The monoisotopic (exact) mass is 496 g/mol. The SMILES string of the molecule is COC(=O)C1c2cc(C(F)(F)F)ccc2N(C(=O)OC(C)C)C(N)(C2CC2)C1Cc1cccs1. The number of ether oxygens (including phenoxy) is 2. The summed E-state index contributed by atoms with van der Waals surface area (Å²) in [6, 6.07) is 6.77. The second kappa shape index (κ2) is 8.88. The van der Waals surface area contributed by atoms with Crippen LogP contribution < -0.4 is 10.6 Å². The van der Waals surface area contributed by atoms with Gasteiger partial charge in [-0.15, -0.1) is 11.3 Å². The van der Waals surface area contributed by atoms with Gasteiger partial charge in [0.2, 0.25) is 0 Å². The van der Waals surface area contributed by atoms with Gasteiger partial charge in [-0.25, -0.2) is 4.79 Å². The Hall–Kier alpha value is -2.59. The Morgan fingerprint density at radius 3 is 2.50 bits per heavy atom. The number of halogens is 3. The lowest BCUT2D eigenvalue weighted by Gasteiger charge is -2.52. The lowest BCUT2D eigenvalue weighted by Crippen LogP contribution is -2.69. The number of alkyl halides is 3. The smallest absolute Gasteiger partial charge is 0.416 e. The zero-order valence-electron chi connectivity index (χ0n) is 19.1. The number of methoxy groups -OCH3 is 1. The Morgan fingerprint density at radius 1 is 1.26 bits per heavy atom. The first-order valence-corrected chi connectivity index (χ1v) is 12.0. The normalized spacial score (nSPS) is 24.6. The number of hydrogen-bond donors (Lipinski definition) is 1. The molecule has 3 unspecified atom stereocenters. The highest BCUT2D eigenvalue weighted by Gasteiger charge is 2.61. The molecule has 34 heavy (non-hydrogen) atoms. The molecule has 1 aromatic carbocycles. The van der Waals surface area contributed by atoms with Crippen LogP contribution in [0.4, 0.5) is 23.7 Å². The van der Waals surface area contributed by atoms with E-state index in [0.717, 1.165) is 29.9 Å². The number of carbonyl (C=O) groups is 2. The first-order valence-electron chi connectivity index (χ1n) is 11.1. The first-order chi connectivity index (χ1) is 16.0. The van der Waals surface area contributed by atoms with E-state index in [1.54, 1.807) is 13.8 Å². The second-order valence-corrected chi connectivity index (χ2v) is 10.1.